The van der Waals surface area contributed by atoms with Crippen LogP contribution in [0.5, 0.6) is 0 Å². The molecular weight excluding hydrogens is 270 g/mol. The Bertz CT molecular complexity index is 558. The van der Waals surface area contributed by atoms with E-state index in [9.17, 15) is 15.0 Å². The third-order valence-electron chi connectivity index (χ3n) is 3.17. The zero-order chi connectivity index (χ0) is 14.3. The predicted octanol–water partition coefficient (Wildman–Crippen LogP) is -1.71. The molecule has 20 heavy (non-hydrogen) atoms. The monoisotopic (exact) mass is 283 g/mol. The highest BCUT2D eigenvalue weighted by Crippen LogP contribution is 2.35. The molecule has 0 aliphatic carbocycles. The van der Waals surface area contributed by atoms with Crippen LogP contribution in [0.25, 0.3) is 0 Å². The van der Waals surface area contributed by atoms with Crippen LogP contribution in [-0.2, 0) is 4.74 Å². The minimum Gasteiger partial charge on any atom is -0.394 e. The number of aliphatic hydroxyl groups is 3. The first-order valence-electron chi connectivity index (χ1n) is 5.91. The molecule has 3 rings (SSSR count). The van der Waals surface area contributed by atoms with Crippen molar-refractivity contribution in [2.75, 3.05) is 11.9 Å². The zero-order valence-corrected chi connectivity index (χ0v) is 10.2. The van der Waals surface area contributed by atoms with E-state index >= 15 is 0 Å². The maximum atomic E-state index is 11.3. The van der Waals surface area contributed by atoms with Crippen LogP contribution in [0.4, 0.5) is 16.4 Å². The summed E-state index contributed by atoms with van der Waals surface area (Å²) in [5.74, 6) is 0.465. The number of carbonyl (C=O) groups excluding carboxylic acids is 1. The first-order chi connectivity index (χ1) is 9.61. The number of hydrogen-bond acceptors (Lipinski definition) is 7. The fourth-order valence-electron chi connectivity index (χ4n) is 2.16. The Morgan fingerprint density at radius 1 is 1.40 bits per heavy atom. The van der Waals surface area contributed by atoms with Gasteiger partial charge in [0.2, 0.25) is 0 Å². The maximum absolute atomic E-state index is 11.3. The van der Waals surface area contributed by atoms with Gasteiger partial charge in [0.15, 0.2) is 17.9 Å². The fourth-order valence-corrected chi connectivity index (χ4v) is 2.16. The van der Waals surface area contributed by atoms with Crippen molar-refractivity contribution in [3.05, 3.63) is 6.33 Å². The van der Waals surface area contributed by atoms with Crippen molar-refractivity contribution in [3.63, 3.8) is 0 Å². The summed E-state index contributed by atoms with van der Waals surface area (Å²) in [6.07, 6.45) is -1.80. The fraction of sp³-hybridized carbons (Fsp3) is 0.500. The number of urea groups is 1. The molecule has 3 heterocycles. The van der Waals surface area contributed by atoms with E-state index in [1.54, 1.807) is 0 Å². The summed E-state index contributed by atoms with van der Waals surface area (Å²) in [5.41, 5.74) is 0. The number of amides is 2. The van der Waals surface area contributed by atoms with Crippen molar-refractivity contribution in [1.29, 1.82) is 0 Å². The Balaban J connectivity index is 1.94. The van der Waals surface area contributed by atoms with Gasteiger partial charge < -0.3 is 20.1 Å². The highest BCUT2D eigenvalue weighted by atomic mass is 16.6. The molecule has 0 bridgehead atoms. The van der Waals surface area contributed by atoms with Gasteiger partial charge in [-0.05, 0) is 0 Å². The van der Waals surface area contributed by atoms with Gasteiger partial charge in [-0.15, -0.1) is 0 Å². The summed E-state index contributed by atoms with van der Waals surface area (Å²) < 4.78 is 6.76. The SMILES string of the molecule is O=C1NC=Nc2c(ncn2[C@@H]2O[C@H](CO)[C@@H](O)[C@H]2O)N1. The number of aliphatic imine (C=N–C) groups is 1. The van der Waals surface area contributed by atoms with Crippen LogP contribution in [0.15, 0.2) is 11.3 Å². The molecule has 4 atom stereocenters. The molecule has 1 saturated heterocycles. The van der Waals surface area contributed by atoms with Crippen LogP contribution in [0.2, 0.25) is 0 Å². The molecule has 10 heteroatoms. The number of aromatic nitrogens is 2. The maximum Gasteiger partial charge on any atom is 0.325 e. The molecule has 2 aliphatic heterocycles. The molecule has 0 spiro atoms. The van der Waals surface area contributed by atoms with Crippen molar-refractivity contribution in [1.82, 2.24) is 14.9 Å². The lowest BCUT2D eigenvalue weighted by Gasteiger charge is -2.17. The number of rotatable bonds is 2. The largest absolute Gasteiger partial charge is 0.394 e. The van der Waals surface area contributed by atoms with Gasteiger partial charge >= 0.3 is 6.03 Å². The molecular formula is C10H13N5O5. The molecule has 0 aromatic carbocycles. The summed E-state index contributed by atoms with van der Waals surface area (Å²) in [4.78, 5) is 19.2. The molecule has 0 radical (unpaired) electrons. The van der Waals surface area contributed by atoms with Crippen molar-refractivity contribution in [3.8, 4) is 0 Å². The number of nitrogens with zero attached hydrogens (tertiary/aromatic N) is 3. The van der Waals surface area contributed by atoms with Crippen LogP contribution in [0.1, 0.15) is 6.23 Å². The molecule has 1 aromatic heterocycles. The van der Waals surface area contributed by atoms with Gasteiger partial charge in [-0.1, -0.05) is 0 Å². The molecule has 0 unspecified atom stereocenters. The van der Waals surface area contributed by atoms with Gasteiger partial charge in [0.05, 0.1) is 12.9 Å². The Kier molecular flexibility index (Phi) is 3.14. The molecule has 5 N–H and O–H groups in total. The third-order valence-corrected chi connectivity index (χ3v) is 3.17. The van der Waals surface area contributed by atoms with Crippen LogP contribution in [0, 0.1) is 0 Å². The molecule has 1 aromatic rings. The smallest absolute Gasteiger partial charge is 0.325 e. The van der Waals surface area contributed by atoms with E-state index in [1.807, 2.05) is 0 Å². The lowest BCUT2D eigenvalue weighted by molar-refractivity contribution is -0.0519. The topological polar surface area (TPSA) is 141 Å². The molecule has 108 valence electrons. The summed E-state index contributed by atoms with van der Waals surface area (Å²) in [6.45, 7) is -0.423. The van der Waals surface area contributed by atoms with Crippen molar-refractivity contribution in [2.45, 2.75) is 24.5 Å². The molecule has 1 fully saturated rings. The second-order valence-corrected chi connectivity index (χ2v) is 4.41. The third kappa shape index (κ3) is 1.94. The summed E-state index contributed by atoms with van der Waals surface area (Å²) in [6, 6.07) is -0.487. The molecule has 2 aliphatic rings. The Hall–Kier alpha value is -2.01. The van der Waals surface area contributed by atoms with Crippen molar-refractivity contribution in [2.24, 2.45) is 4.99 Å². The highest BCUT2D eigenvalue weighted by molar-refractivity contribution is 5.99. The number of nitrogens with one attached hydrogen (secondary N) is 2. The number of fused-ring (bicyclic) bond motifs is 1. The second-order valence-electron chi connectivity index (χ2n) is 4.41. The van der Waals surface area contributed by atoms with E-state index in [2.05, 4.69) is 20.6 Å². The molecule has 2 amide bonds. The van der Waals surface area contributed by atoms with E-state index in [-0.39, 0.29) is 11.6 Å². The average molecular weight is 283 g/mol. The van der Waals surface area contributed by atoms with Crippen LogP contribution >= 0.6 is 0 Å². The van der Waals surface area contributed by atoms with Crippen molar-refractivity contribution >= 4 is 24.0 Å². The van der Waals surface area contributed by atoms with Crippen molar-refractivity contribution < 1.29 is 24.9 Å². The lowest BCUT2D eigenvalue weighted by Crippen LogP contribution is -2.33. The lowest BCUT2D eigenvalue weighted by atomic mass is 10.1. The predicted molar refractivity (Wildman–Crippen MR) is 65.5 cm³/mol. The zero-order valence-electron chi connectivity index (χ0n) is 10.2. The van der Waals surface area contributed by atoms with Gasteiger partial charge in [0, 0.05) is 0 Å². The van der Waals surface area contributed by atoms with Gasteiger partial charge in [0.1, 0.15) is 24.6 Å². The van der Waals surface area contributed by atoms with E-state index in [4.69, 9.17) is 9.84 Å². The van der Waals surface area contributed by atoms with Gasteiger partial charge in [-0.25, -0.2) is 14.8 Å². The Labute approximate surface area is 112 Å². The average Bonchev–Trinajstić information content (AvgIpc) is 2.87. The first kappa shape index (κ1) is 13.0. The van der Waals surface area contributed by atoms with E-state index < -0.39 is 37.2 Å². The van der Waals surface area contributed by atoms with E-state index in [0.29, 0.717) is 0 Å². The van der Waals surface area contributed by atoms with E-state index in [0.717, 1.165) is 0 Å². The molecule has 10 nitrogen and oxygen atoms in total. The number of hydrogen-bond donors (Lipinski definition) is 5. The van der Waals surface area contributed by atoms with Gasteiger partial charge in [-0.2, -0.15) is 0 Å². The van der Waals surface area contributed by atoms with Gasteiger partial charge in [-0.3, -0.25) is 15.2 Å². The minimum absolute atomic E-state index is 0.203. The minimum atomic E-state index is -1.24. The number of carbonyl (C=O) groups is 1. The van der Waals surface area contributed by atoms with E-state index in [1.165, 1.54) is 17.2 Å². The summed E-state index contributed by atoms with van der Waals surface area (Å²) >= 11 is 0. The standard InChI is InChI=1S/C10H13N5O5/c16-1-4-5(17)6(18)9(20-4)15-3-13-7-8(15)11-2-12-10(19)14-7/h2-6,9,16-18H,1H2,(H2,11,12,14,19)/t4-,5-,6-,9-/m1/s1. The van der Waals surface area contributed by atoms with Crippen LogP contribution < -0.4 is 10.6 Å². The summed E-state index contributed by atoms with van der Waals surface area (Å²) in [7, 11) is 0. The first-order valence-corrected chi connectivity index (χ1v) is 5.91. The number of ether oxygens (including phenoxy) is 1. The Morgan fingerprint density at radius 3 is 2.90 bits per heavy atom. The van der Waals surface area contributed by atoms with Crippen LogP contribution in [0.3, 0.4) is 0 Å². The molecule has 0 saturated carbocycles. The second kappa shape index (κ2) is 4.83. The van der Waals surface area contributed by atoms with Crippen LogP contribution in [-0.4, -0.2) is 62.2 Å². The Morgan fingerprint density at radius 2 is 2.20 bits per heavy atom. The normalized spacial score (nSPS) is 32.5. The quantitative estimate of drug-likeness (QED) is 0.437. The highest BCUT2D eigenvalue weighted by Gasteiger charge is 2.44. The number of anilines is 1. The van der Waals surface area contributed by atoms with Gasteiger partial charge in [0.25, 0.3) is 0 Å². The number of aliphatic hydroxyl groups excluding tert-OH is 3. The number of imidazole rings is 1. The summed E-state index contributed by atoms with van der Waals surface area (Å²) in [5, 5.41) is 33.6.